The SMILES string of the molecule is CCCOc1ccccc1OCc1cc(N)ccc1Cl. The third-order valence-electron chi connectivity index (χ3n) is 2.76. The molecule has 0 heterocycles. The lowest BCUT2D eigenvalue weighted by Gasteiger charge is -2.13. The molecule has 4 heteroatoms. The predicted molar refractivity (Wildman–Crippen MR) is 82.4 cm³/mol. The van der Waals surface area contributed by atoms with E-state index in [2.05, 4.69) is 6.92 Å². The standard InChI is InChI=1S/C16H18ClNO2/c1-2-9-19-15-5-3-4-6-16(15)20-11-12-10-13(18)7-8-14(12)17/h3-8,10H,2,9,11,18H2,1H3. The molecule has 0 fully saturated rings. The number of hydrogen-bond acceptors (Lipinski definition) is 3. The van der Waals surface area contributed by atoms with Gasteiger partial charge in [-0.15, -0.1) is 0 Å². The van der Waals surface area contributed by atoms with Gasteiger partial charge in [0.25, 0.3) is 0 Å². The zero-order valence-corrected chi connectivity index (χ0v) is 12.2. The number of nitrogen functional groups attached to an aromatic ring is 1. The molecule has 2 rings (SSSR count). The first kappa shape index (κ1) is 14.5. The van der Waals surface area contributed by atoms with E-state index in [1.165, 1.54) is 0 Å². The Bertz CT molecular complexity index is 572. The van der Waals surface area contributed by atoms with Gasteiger partial charge in [-0.05, 0) is 36.8 Å². The maximum Gasteiger partial charge on any atom is 0.161 e. The molecule has 2 aromatic carbocycles. The van der Waals surface area contributed by atoms with Crippen molar-refractivity contribution in [3.63, 3.8) is 0 Å². The summed E-state index contributed by atoms with van der Waals surface area (Å²) in [6.45, 7) is 3.09. The van der Waals surface area contributed by atoms with Gasteiger partial charge in [0.1, 0.15) is 6.61 Å². The second-order valence-corrected chi connectivity index (χ2v) is 4.84. The van der Waals surface area contributed by atoms with Gasteiger partial charge in [0.15, 0.2) is 11.5 Å². The highest BCUT2D eigenvalue weighted by atomic mass is 35.5. The van der Waals surface area contributed by atoms with Gasteiger partial charge in [0, 0.05) is 16.3 Å². The molecule has 20 heavy (non-hydrogen) atoms. The van der Waals surface area contributed by atoms with Crippen LogP contribution >= 0.6 is 11.6 Å². The van der Waals surface area contributed by atoms with Gasteiger partial charge in [-0.2, -0.15) is 0 Å². The Morgan fingerprint density at radius 1 is 1.05 bits per heavy atom. The van der Waals surface area contributed by atoms with Crippen LogP contribution in [0.25, 0.3) is 0 Å². The molecule has 0 saturated heterocycles. The lowest BCUT2D eigenvalue weighted by Crippen LogP contribution is -2.01. The zero-order valence-electron chi connectivity index (χ0n) is 11.4. The normalized spacial score (nSPS) is 10.3. The van der Waals surface area contributed by atoms with Crippen LogP contribution in [0.1, 0.15) is 18.9 Å². The van der Waals surface area contributed by atoms with Crippen LogP contribution in [0.2, 0.25) is 5.02 Å². The third-order valence-corrected chi connectivity index (χ3v) is 3.13. The van der Waals surface area contributed by atoms with E-state index in [4.69, 9.17) is 26.8 Å². The second-order valence-electron chi connectivity index (χ2n) is 4.43. The molecule has 0 bridgehead atoms. The summed E-state index contributed by atoms with van der Waals surface area (Å²) >= 11 is 6.12. The monoisotopic (exact) mass is 291 g/mol. The van der Waals surface area contributed by atoms with Gasteiger partial charge < -0.3 is 15.2 Å². The van der Waals surface area contributed by atoms with Crippen LogP contribution in [0.3, 0.4) is 0 Å². The lowest BCUT2D eigenvalue weighted by molar-refractivity contribution is 0.262. The van der Waals surface area contributed by atoms with E-state index in [9.17, 15) is 0 Å². The maximum absolute atomic E-state index is 6.12. The molecule has 3 nitrogen and oxygen atoms in total. The first-order valence-electron chi connectivity index (χ1n) is 6.59. The van der Waals surface area contributed by atoms with Crippen LogP contribution in [0.15, 0.2) is 42.5 Å². The van der Waals surface area contributed by atoms with Crippen molar-refractivity contribution in [2.24, 2.45) is 0 Å². The van der Waals surface area contributed by atoms with Crippen LogP contribution in [0.4, 0.5) is 5.69 Å². The molecule has 0 radical (unpaired) electrons. The number of anilines is 1. The Balaban J connectivity index is 2.08. The van der Waals surface area contributed by atoms with E-state index in [-0.39, 0.29) is 0 Å². The fourth-order valence-electron chi connectivity index (χ4n) is 1.76. The molecule has 0 aliphatic rings. The number of rotatable bonds is 6. The Hall–Kier alpha value is -1.87. The van der Waals surface area contributed by atoms with E-state index in [1.54, 1.807) is 12.1 Å². The minimum Gasteiger partial charge on any atom is -0.490 e. The quantitative estimate of drug-likeness (QED) is 0.808. The van der Waals surface area contributed by atoms with Crippen LogP contribution in [-0.4, -0.2) is 6.61 Å². The summed E-state index contributed by atoms with van der Waals surface area (Å²) < 4.78 is 11.4. The van der Waals surface area contributed by atoms with Crippen molar-refractivity contribution < 1.29 is 9.47 Å². The third kappa shape index (κ3) is 3.81. The first-order chi connectivity index (χ1) is 9.70. The van der Waals surface area contributed by atoms with Crippen LogP contribution in [0, 0.1) is 0 Å². The first-order valence-corrected chi connectivity index (χ1v) is 6.97. The largest absolute Gasteiger partial charge is 0.490 e. The second kappa shape index (κ2) is 7.06. The molecule has 106 valence electrons. The lowest BCUT2D eigenvalue weighted by atomic mass is 10.2. The molecule has 0 aliphatic heterocycles. The average Bonchev–Trinajstić information content (AvgIpc) is 2.47. The van der Waals surface area contributed by atoms with Crippen molar-refractivity contribution >= 4 is 17.3 Å². The van der Waals surface area contributed by atoms with E-state index >= 15 is 0 Å². The average molecular weight is 292 g/mol. The molecule has 2 aromatic rings. The molecule has 0 spiro atoms. The number of para-hydroxylation sites is 2. The van der Waals surface area contributed by atoms with Crippen LogP contribution < -0.4 is 15.2 Å². The summed E-state index contributed by atoms with van der Waals surface area (Å²) in [6.07, 6.45) is 0.954. The Morgan fingerprint density at radius 2 is 1.75 bits per heavy atom. The fraction of sp³-hybridized carbons (Fsp3) is 0.250. The van der Waals surface area contributed by atoms with Gasteiger partial charge in [-0.25, -0.2) is 0 Å². The Morgan fingerprint density at radius 3 is 2.45 bits per heavy atom. The van der Waals surface area contributed by atoms with E-state index < -0.39 is 0 Å². The number of nitrogens with two attached hydrogens (primary N) is 1. The minimum absolute atomic E-state index is 0.358. The summed E-state index contributed by atoms with van der Waals surface area (Å²) in [5.41, 5.74) is 7.28. The number of halogens is 1. The minimum atomic E-state index is 0.358. The highest BCUT2D eigenvalue weighted by molar-refractivity contribution is 6.31. The summed E-state index contributed by atoms with van der Waals surface area (Å²) in [7, 11) is 0. The van der Waals surface area contributed by atoms with Gasteiger partial charge in [0.05, 0.1) is 6.61 Å². The van der Waals surface area contributed by atoms with Crippen molar-refractivity contribution in [2.45, 2.75) is 20.0 Å². The number of benzene rings is 2. The molecule has 0 saturated carbocycles. The molecular weight excluding hydrogens is 274 g/mol. The fourth-order valence-corrected chi connectivity index (χ4v) is 1.93. The van der Waals surface area contributed by atoms with E-state index in [0.29, 0.717) is 29.7 Å². The molecular formula is C16H18ClNO2. The van der Waals surface area contributed by atoms with Gasteiger partial charge in [-0.3, -0.25) is 0 Å². The Labute approximate surface area is 124 Å². The molecule has 0 aliphatic carbocycles. The van der Waals surface area contributed by atoms with Crippen molar-refractivity contribution in [1.29, 1.82) is 0 Å². The summed E-state index contributed by atoms with van der Waals surface area (Å²) in [4.78, 5) is 0. The molecule has 2 N–H and O–H groups in total. The molecule has 0 unspecified atom stereocenters. The predicted octanol–water partition coefficient (Wildman–Crippen LogP) is 4.29. The number of hydrogen-bond donors (Lipinski definition) is 1. The van der Waals surface area contributed by atoms with Crippen molar-refractivity contribution in [1.82, 2.24) is 0 Å². The van der Waals surface area contributed by atoms with Crippen molar-refractivity contribution in [2.75, 3.05) is 12.3 Å². The molecule has 0 aromatic heterocycles. The molecule has 0 amide bonds. The van der Waals surface area contributed by atoms with Crippen LogP contribution in [0.5, 0.6) is 11.5 Å². The zero-order chi connectivity index (χ0) is 14.4. The summed E-state index contributed by atoms with van der Waals surface area (Å²) in [6, 6.07) is 13.0. The smallest absolute Gasteiger partial charge is 0.161 e. The van der Waals surface area contributed by atoms with E-state index in [0.717, 1.165) is 17.7 Å². The van der Waals surface area contributed by atoms with Gasteiger partial charge >= 0.3 is 0 Å². The topological polar surface area (TPSA) is 44.5 Å². The highest BCUT2D eigenvalue weighted by Crippen LogP contribution is 2.28. The van der Waals surface area contributed by atoms with Crippen LogP contribution in [-0.2, 0) is 6.61 Å². The highest BCUT2D eigenvalue weighted by Gasteiger charge is 2.06. The maximum atomic E-state index is 6.12. The molecule has 0 atom stereocenters. The summed E-state index contributed by atoms with van der Waals surface area (Å²) in [5.74, 6) is 1.45. The van der Waals surface area contributed by atoms with Gasteiger partial charge in [0.2, 0.25) is 0 Å². The Kier molecular flexibility index (Phi) is 5.13. The summed E-state index contributed by atoms with van der Waals surface area (Å²) in [5, 5.41) is 0.645. The van der Waals surface area contributed by atoms with E-state index in [1.807, 2.05) is 30.3 Å². The van der Waals surface area contributed by atoms with Crippen molar-refractivity contribution in [3.8, 4) is 11.5 Å². The van der Waals surface area contributed by atoms with Crippen molar-refractivity contribution in [3.05, 3.63) is 53.1 Å². The number of ether oxygens (including phenoxy) is 2. The van der Waals surface area contributed by atoms with Gasteiger partial charge in [-0.1, -0.05) is 30.7 Å².